The van der Waals surface area contributed by atoms with Gasteiger partial charge in [-0.15, -0.1) is 0 Å². The number of ether oxygens (including phenoxy) is 1. The molecule has 0 unspecified atom stereocenters. The van der Waals surface area contributed by atoms with Crippen LogP contribution in [0, 0.1) is 11.6 Å². The molecule has 2 aromatic rings. The molecule has 2 aromatic carbocycles. The molecule has 1 N–H and O–H groups in total. The molecule has 7 heteroatoms. The first-order chi connectivity index (χ1) is 14.4. The van der Waals surface area contributed by atoms with E-state index in [4.69, 9.17) is 4.74 Å². The van der Waals surface area contributed by atoms with E-state index in [9.17, 15) is 18.4 Å². The molecular formula is C23H28F2N2O3. The molecule has 2 amide bonds. The van der Waals surface area contributed by atoms with Crippen LogP contribution in [0.2, 0.25) is 0 Å². The van der Waals surface area contributed by atoms with E-state index >= 15 is 0 Å². The molecule has 0 aliphatic carbocycles. The Labute approximate surface area is 176 Å². The van der Waals surface area contributed by atoms with Crippen molar-refractivity contribution in [1.82, 2.24) is 10.2 Å². The quantitative estimate of drug-likeness (QED) is 0.560. The van der Waals surface area contributed by atoms with Crippen LogP contribution in [0.3, 0.4) is 0 Å². The Morgan fingerprint density at radius 2 is 1.60 bits per heavy atom. The van der Waals surface area contributed by atoms with E-state index < -0.39 is 11.9 Å². The van der Waals surface area contributed by atoms with Gasteiger partial charge in [0.1, 0.15) is 23.4 Å². The first-order valence-corrected chi connectivity index (χ1v) is 10.1. The minimum absolute atomic E-state index is 0.144. The van der Waals surface area contributed by atoms with Gasteiger partial charge in [-0.3, -0.25) is 9.59 Å². The van der Waals surface area contributed by atoms with Crippen LogP contribution in [0.15, 0.2) is 48.5 Å². The van der Waals surface area contributed by atoms with Crippen molar-refractivity contribution in [2.24, 2.45) is 0 Å². The van der Waals surface area contributed by atoms with Crippen LogP contribution in [-0.4, -0.2) is 35.9 Å². The number of carbonyl (C=O) groups excluding carboxylic acids is 2. The summed E-state index contributed by atoms with van der Waals surface area (Å²) in [6, 6.07) is 10.5. The Morgan fingerprint density at radius 3 is 2.17 bits per heavy atom. The summed E-state index contributed by atoms with van der Waals surface area (Å²) >= 11 is 0. The summed E-state index contributed by atoms with van der Waals surface area (Å²) in [6.45, 7) is 4.24. The van der Waals surface area contributed by atoms with Crippen LogP contribution >= 0.6 is 0 Å². The topological polar surface area (TPSA) is 58.6 Å². The van der Waals surface area contributed by atoms with E-state index in [2.05, 4.69) is 5.32 Å². The van der Waals surface area contributed by atoms with Crippen molar-refractivity contribution < 1.29 is 23.1 Å². The van der Waals surface area contributed by atoms with Crippen LogP contribution in [0.4, 0.5) is 8.78 Å². The van der Waals surface area contributed by atoms with Crippen molar-refractivity contribution in [3.05, 3.63) is 65.7 Å². The maximum absolute atomic E-state index is 13.3. The Morgan fingerprint density at radius 1 is 1.00 bits per heavy atom. The number of carbonyl (C=O) groups is 2. The van der Waals surface area contributed by atoms with Gasteiger partial charge < -0.3 is 15.0 Å². The molecule has 1 atom stereocenters. The number of hydrogen-bond donors (Lipinski definition) is 1. The highest BCUT2D eigenvalue weighted by Crippen LogP contribution is 2.15. The van der Waals surface area contributed by atoms with E-state index in [1.165, 1.54) is 41.3 Å². The fourth-order valence-corrected chi connectivity index (χ4v) is 2.97. The third-order valence-corrected chi connectivity index (χ3v) is 4.66. The fourth-order valence-electron chi connectivity index (χ4n) is 2.97. The molecule has 2 rings (SSSR count). The molecule has 162 valence electrons. The second-order valence-corrected chi connectivity index (χ2v) is 6.96. The molecule has 5 nitrogen and oxygen atoms in total. The Balaban J connectivity index is 2.15. The van der Waals surface area contributed by atoms with Gasteiger partial charge in [0.05, 0.1) is 0 Å². The predicted octanol–water partition coefficient (Wildman–Crippen LogP) is 4.07. The number of nitrogens with one attached hydrogen (secondary N) is 1. The summed E-state index contributed by atoms with van der Waals surface area (Å²) in [6.07, 6.45) is 2.21. The van der Waals surface area contributed by atoms with Gasteiger partial charge in [0, 0.05) is 13.1 Å². The molecule has 0 aliphatic heterocycles. The van der Waals surface area contributed by atoms with Gasteiger partial charge in [-0.05, 0) is 54.8 Å². The zero-order valence-electron chi connectivity index (χ0n) is 17.4. The molecule has 0 saturated carbocycles. The number of unbranched alkanes of at least 4 members (excludes halogenated alkanes) is 1. The Bertz CT molecular complexity index is 810. The van der Waals surface area contributed by atoms with Crippen molar-refractivity contribution in [2.45, 2.75) is 45.7 Å². The van der Waals surface area contributed by atoms with E-state index in [1.54, 1.807) is 12.1 Å². The molecule has 0 heterocycles. The van der Waals surface area contributed by atoms with Gasteiger partial charge >= 0.3 is 0 Å². The summed E-state index contributed by atoms with van der Waals surface area (Å²) in [4.78, 5) is 27.1. The average molecular weight is 418 g/mol. The first-order valence-electron chi connectivity index (χ1n) is 10.1. The summed E-state index contributed by atoms with van der Waals surface area (Å²) < 4.78 is 31.8. The molecular weight excluding hydrogens is 390 g/mol. The molecule has 30 heavy (non-hydrogen) atoms. The van der Waals surface area contributed by atoms with Gasteiger partial charge in [-0.1, -0.05) is 32.4 Å². The smallest absolute Gasteiger partial charge is 0.261 e. The number of rotatable bonds is 11. The third-order valence-electron chi connectivity index (χ3n) is 4.66. The Hall–Kier alpha value is -2.96. The van der Waals surface area contributed by atoms with Crippen LogP contribution < -0.4 is 10.1 Å². The highest BCUT2D eigenvalue weighted by molar-refractivity contribution is 5.88. The number of nitrogens with zero attached hydrogens (tertiary/aromatic N) is 1. The van der Waals surface area contributed by atoms with Crippen LogP contribution in [0.25, 0.3) is 0 Å². The van der Waals surface area contributed by atoms with Gasteiger partial charge in [0.25, 0.3) is 5.91 Å². The lowest BCUT2D eigenvalue weighted by Gasteiger charge is -2.30. The lowest BCUT2D eigenvalue weighted by Crippen LogP contribution is -2.50. The summed E-state index contributed by atoms with van der Waals surface area (Å²) in [5, 5.41) is 2.87. The third kappa shape index (κ3) is 7.13. The van der Waals surface area contributed by atoms with E-state index in [1.807, 2.05) is 13.8 Å². The lowest BCUT2D eigenvalue weighted by molar-refractivity contribution is -0.143. The fraction of sp³-hybridized carbons (Fsp3) is 0.391. The molecule has 0 bridgehead atoms. The van der Waals surface area contributed by atoms with E-state index in [-0.39, 0.29) is 30.8 Å². The average Bonchev–Trinajstić information content (AvgIpc) is 2.74. The van der Waals surface area contributed by atoms with Crippen molar-refractivity contribution in [3.63, 3.8) is 0 Å². The number of hydrogen-bond acceptors (Lipinski definition) is 3. The first kappa shape index (κ1) is 23.3. The summed E-state index contributed by atoms with van der Waals surface area (Å²) in [5.74, 6) is -1.04. The molecule has 0 aromatic heterocycles. The number of benzene rings is 2. The molecule has 0 fully saturated rings. The van der Waals surface area contributed by atoms with Gasteiger partial charge in [0.2, 0.25) is 5.91 Å². The molecule has 0 aliphatic rings. The standard InChI is InChI=1S/C23H28F2N2O3/c1-3-5-14-26-23(29)21(4-2)27(15-17-6-8-18(24)9-7-17)22(28)16-30-20-12-10-19(25)11-13-20/h6-13,21H,3-5,14-16H2,1-2H3,(H,26,29)/t21-/m0/s1. The van der Waals surface area contributed by atoms with Crippen molar-refractivity contribution >= 4 is 11.8 Å². The SMILES string of the molecule is CCCCNC(=O)[C@H](CC)N(Cc1ccc(F)cc1)C(=O)COc1ccc(F)cc1. The highest BCUT2D eigenvalue weighted by Gasteiger charge is 2.28. The molecule has 0 radical (unpaired) electrons. The zero-order valence-corrected chi connectivity index (χ0v) is 17.4. The van der Waals surface area contributed by atoms with E-state index in [0.717, 1.165) is 12.8 Å². The normalized spacial score (nSPS) is 11.6. The summed E-state index contributed by atoms with van der Waals surface area (Å²) in [7, 11) is 0. The minimum Gasteiger partial charge on any atom is -0.484 e. The highest BCUT2D eigenvalue weighted by atomic mass is 19.1. The lowest BCUT2D eigenvalue weighted by atomic mass is 10.1. The largest absolute Gasteiger partial charge is 0.484 e. The Kier molecular flexibility index (Phi) is 9.25. The van der Waals surface area contributed by atoms with Gasteiger partial charge in [0.15, 0.2) is 6.61 Å². The van der Waals surface area contributed by atoms with Crippen LogP contribution in [0.5, 0.6) is 5.75 Å². The number of halogens is 2. The molecule has 0 spiro atoms. The van der Waals surface area contributed by atoms with E-state index in [0.29, 0.717) is 24.3 Å². The summed E-state index contributed by atoms with van der Waals surface area (Å²) in [5.41, 5.74) is 0.700. The second kappa shape index (κ2) is 11.9. The van der Waals surface area contributed by atoms with Crippen molar-refractivity contribution in [2.75, 3.05) is 13.2 Å². The maximum Gasteiger partial charge on any atom is 0.261 e. The molecule has 0 saturated heterocycles. The maximum atomic E-state index is 13.3. The minimum atomic E-state index is -0.684. The van der Waals surface area contributed by atoms with Crippen molar-refractivity contribution in [1.29, 1.82) is 0 Å². The van der Waals surface area contributed by atoms with Crippen molar-refractivity contribution in [3.8, 4) is 5.75 Å². The van der Waals surface area contributed by atoms with Crippen LogP contribution in [0.1, 0.15) is 38.7 Å². The monoisotopic (exact) mass is 418 g/mol. The predicted molar refractivity (Wildman–Crippen MR) is 111 cm³/mol. The van der Waals surface area contributed by atoms with Gasteiger partial charge in [-0.2, -0.15) is 0 Å². The van der Waals surface area contributed by atoms with Crippen LogP contribution in [-0.2, 0) is 16.1 Å². The zero-order chi connectivity index (χ0) is 21.9. The van der Waals surface area contributed by atoms with Gasteiger partial charge in [-0.25, -0.2) is 8.78 Å². The second-order valence-electron chi connectivity index (χ2n) is 6.96. The number of amides is 2.